The summed E-state index contributed by atoms with van der Waals surface area (Å²) < 4.78 is 5.60. The van der Waals surface area contributed by atoms with Gasteiger partial charge in [0.05, 0.1) is 0 Å². The molecule has 0 spiro atoms. The lowest BCUT2D eigenvalue weighted by Gasteiger charge is -2.20. The highest BCUT2D eigenvalue weighted by atomic mass is 16.5. The molecule has 2 nitrogen and oxygen atoms in total. The van der Waals surface area contributed by atoms with Crippen LogP contribution in [0.2, 0.25) is 0 Å². The minimum Gasteiger partial charge on any atom is -0.423 e. The summed E-state index contributed by atoms with van der Waals surface area (Å²) in [7, 11) is 0. The highest BCUT2D eigenvalue weighted by molar-refractivity contribution is 5.90. The lowest BCUT2D eigenvalue weighted by Crippen LogP contribution is -2.18. The zero-order valence-corrected chi connectivity index (χ0v) is 15.0. The fourth-order valence-electron chi connectivity index (χ4n) is 2.04. The predicted molar refractivity (Wildman–Crippen MR) is 105 cm³/mol. The third kappa shape index (κ3) is 5.92. The van der Waals surface area contributed by atoms with Crippen LogP contribution < -0.4 is 0 Å². The van der Waals surface area contributed by atoms with Crippen LogP contribution in [0.5, 0.6) is 0 Å². The number of rotatable bonds is 5. The van der Waals surface area contributed by atoms with Gasteiger partial charge >= 0.3 is 5.97 Å². The van der Waals surface area contributed by atoms with Crippen LogP contribution in [0.1, 0.15) is 31.9 Å². The Bertz CT molecular complexity index is 776. The number of benzene rings is 2. The molecule has 0 unspecified atom stereocenters. The predicted octanol–water partition coefficient (Wildman–Crippen LogP) is 5.89. The van der Waals surface area contributed by atoms with E-state index < -0.39 is 5.97 Å². The second-order valence-electron chi connectivity index (χ2n) is 6.82. The Balaban J connectivity index is 2.26. The third-order valence-corrected chi connectivity index (χ3v) is 3.71. The first-order valence-corrected chi connectivity index (χ1v) is 8.28. The Kier molecular flexibility index (Phi) is 6.13. The van der Waals surface area contributed by atoms with Gasteiger partial charge in [0.25, 0.3) is 0 Å². The summed E-state index contributed by atoms with van der Waals surface area (Å²) in [6.45, 7) is 9.70. The van der Waals surface area contributed by atoms with E-state index in [4.69, 9.17) is 4.74 Å². The molecule has 2 rings (SSSR count). The molecule has 0 atom stereocenters. The second-order valence-corrected chi connectivity index (χ2v) is 6.82. The fourth-order valence-corrected chi connectivity index (χ4v) is 2.04. The first kappa shape index (κ1) is 18.5. The SMILES string of the molecule is C=C(C(=O)OC(C=Cc1ccccc1)=Cc1ccccc1)C(C)(C)C. The van der Waals surface area contributed by atoms with Crippen LogP contribution in [0, 0.1) is 5.41 Å². The van der Waals surface area contributed by atoms with Crippen molar-refractivity contribution in [2.45, 2.75) is 20.8 Å². The van der Waals surface area contributed by atoms with Gasteiger partial charge in [-0.3, -0.25) is 0 Å². The number of hydrogen-bond donors (Lipinski definition) is 0. The van der Waals surface area contributed by atoms with Gasteiger partial charge in [-0.1, -0.05) is 94.1 Å². The van der Waals surface area contributed by atoms with Crippen LogP contribution in [0.4, 0.5) is 0 Å². The summed E-state index contributed by atoms with van der Waals surface area (Å²) in [6.07, 6.45) is 5.56. The topological polar surface area (TPSA) is 26.3 Å². The van der Waals surface area contributed by atoms with Crippen LogP contribution in [-0.4, -0.2) is 5.97 Å². The zero-order valence-electron chi connectivity index (χ0n) is 15.0. The van der Waals surface area contributed by atoms with Crippen LogP contribution in [0.15, 0.2) is 84.7 Å². The molecule has 128 valence electrons. The Morgan fingerprint density at radius 3 is 1.96 bits per heavy atom. The smallest absolute Gasteiger partial charge is 0.339 e. The van der Waals surface area contributed by atoms with Crippen LogP contribution in [0.25, 0.3) is 12.2 Å². The van der Waals surface area contributed by atoms with Gasteiger partial charge in [0.2, 0.25) is 0 Å². The van der Waals surface area contributed by atoms with Gasteiger partial charge in [0.1, 0.15) is 5.76 Å². The first-order chi connectivity index (χ1) is 11.9. The van der Waals surface area contributed by atoms with Gasteiger partial charge in [-0.05, 0) is 28.7 Å². The maximum Gasteiger partial charge on any atom is 0.339 e. The van der Waals surface area contributed by atoms with Gasteiger partial charge in [-0.2, -0.15) is 0 Å². The van der Waals surface area contributed by atoms with Crippen LogP contribution in [-0.2, 0) is 9.53 Å². The molecule has 2 heteroatoms. The molecule has 0 aliphatic heterocycles. The number of carbonyl (C=O) groups is 1. The Morgan fingerprint density at radius 1 is 0.920 bits per heavy atom. The van der Waals surface area contributed by atoms with E-state index in [0.717, 1.165) is 11.1 Å². The molecule has 0 bridgehead atoms. The molecule has 0 aliphatic carbocycles. The summed E-state index contributed by atoms with van der Waals surface area (Å²) in [6, 6.07) is 19.6. The van der Waals surface area contributed by atoms with E-state index in [1.165, 1.54) is 0 Å². The molecule has 25 heavy (non-hydrogen) atoms. The summed E-state index contributed by atoms with van der Waals surface area (Å²) in [5, 5.41) is 0. The maximum atomic E-state index is 12.4. The molecule has 0 fully saturated rings. The molecule has 0 saturated heterocycles. The van der Waals surface area contributed by atoms with Crippen LogP contribution >= 0.6 is 0 Å². The van der Waals surface area contributed by atoms with E-state index in [9.17, 15) is 4.79 Å². The van der Waals surface area contributed by atoms with E-state index in [1.54, 1.807) is 6.08 Å². The fraction of sp³-hybridized carbons (Fsp3) is 0.174. The minimum absolute atomic E-state index is 0.335. The van der Waals surface area contributed by atoms with Gasteiger partial charge in [0.15, 0.2) is 0 Å². The van der Waals surface area contributed by atoms with E-state index in [-0.39, 0.29) is 5.41 Å². The van der Waals surface area contributed by atoms with E-state index in [0.29, 0.717) is 11.3 Å². The van der Waals surface area contributed by atoms with E-state index in [2.05, 4.69) is 6.58 Å². The van der Waals surface area contributed by atoms with Crippen molar-refractivity contribution in [1.29, 1.82) is 0 Å². The van der Waals surface area contributed by atoms with E-state index >= 15 is 0 Å². The van der Waals surface area contributed by atoms with Crippen molar-refractivity contribution in [3.8, 4) is 0 Å². The molecule has 0 radical (unpaired) electrons. The van der Waals surface area contributed by atoms with Gasteiger partial charge < -0.3 is 4.74 Å². The second kappa shape index (κ2) is 8.29. The Hall–Kier alpha value is -2.87. The molecule has 0 saturated carbocycles. The number of ether oxygens (including phenoxy) is 1. The zero-order chi connectivity index (χ0) is 18.3. The quantitative estimate of drug-likeness (QED) is 0.295. The summed E-state index contributed by atoms with van der Waals surface area (Å²) in [5.41, 5.74) is 2.11. The van der Waals surface area contributed by atoms with E-state index in [1.807, 2.05) is 93.6 Å². The Labute approximate surface area is 150 Å². The minimum atomic E-state index is -0.410. The molecular weight excluding hydrogens is 308 g/mol. The van der Waals surface area contributed by atoms with Crippen molar-refractivity contribution < 1.29 is 9.53 Å². The third-order valence-electron chi connectivity index (χ3n) is 3.71. The molecule has 0 N–H and O–H groups in total. The van der Waals surface area contributed by atoms with Crippen molar-refractivity contribution in [2.24, 2.45) is 5.41 Å². The highest BCUT2D eigenvalue weighted by Crippen LogP contribution is 2.25. The molecule has 2 aromatic rings. The lowest BCUT2D eigenvalue weighted by atomic mass is 9.88. The highest BCUT2D eigenvalue weighted by Gasteiger charge is 2.23. The molecule has 0 aromatic heterocycles. The lowest BCUT2D eigenvalue weighted by molar-refractivity contribution is -0.135. The number of esters is 1. The maximum absolute atomic E-state index is 12.4. The van der Waals surface area contributed by atoms with Gasteiger partial charge in [-0.15, -0.1) is 0 Å². The largest absolute Gasteiger partial charge is 0.423 e. The monoisotopic (exact) mass is 332 g/mol. The standard InChI is InChI=1S/C23H24O2/c1-18(23(2,3)4)22(24)25-21(17-20-13-9-6-10-14-20)16-15-19-11-7-5-8-12-19/h5-17H,1H2,2-4H3. The molecular formula is C23H24O2. The normalized spacial score (nSPS) is 12.2. The molecule has 0 aliphatic rings. The molecule has 0 heterocycles. The summed E-state index contributed by atoms with van der Waals surface area (Å²) in [4.78, 5) is 12.4. The Morgan fingerprint density at radius 2 is 1.44 bits per heavy atom. The van der Waals surface area contributed by atoms with Crippen molar-refractivity contribution in [3.05, 3.63) is 95.8 Å². The van der Waals surface area contributed by atoms with Gasteiger partial charge in [-0.25, -0.2) is 4.79 Å². The van der Waals surface area contributed by atoms with Crippen molar-refractivity contribution >= 4 is 18.1 Å². The van der Waals surface area contributed by atoms with Crippen LogP contribution in [0.3, 0.4) is 0 Å². The summed E-state index contributed by atoms with van der Waals surface area (Å²) in [5.74, 6) is 0.0674. The number of hydrogen-bond acceptors (Lipinski definition) is 2. The van der Waals surface area contributed by atoms with Gasteiger partial charge in [0, 0.05) is 5.57 Å². The number of allylic oxidation sites excluding steroid dienone is 1. The molecule has 2 aromatic carbocycles. The average Bonchev–Trinajstić information content (AvgIpc) is 2.60. The van der Waals surface area contributed by atoms with Crippen molar-refractivity contribution in [3.63, 3.8) is 0 Å². The first-order valence-electron chi connectivity index (χ1n) is 8.28. The summed E-state index contributed by atoms with van der Waals surface area (Å²) >= 11 is 0. The van der Waals surface area contributed by atoms with Crippen molar-refractivity contribution in [1.82, 2.24) is 0 Å². The number of carbonyl (C=O) groups excluding carboxylic acids is 1. The average molecular weight is 332 g/mol. The van der Waals surface area contributed by atoms with Crippen molar-refractivity contribution in [2.75, 3.05) is 0 Å². The molecule has 0 amide bonds.